The molecule has 0 saturated heterocycles. The highest BCUT2D eigenvalue weighted by atomic mass is 16.5. The van der Waals surface area contributed by atoms with Gasteiger partial charge in [-0.3, -0.25) is 9.59 Å². The quantitative estimate of drug-likeness (QED) is 0.681. The third-order valence-electron chi connectivity index (χ3n) is 3.86. The van der Waals surface area contributed by atoms with Crippen LogP contribution < -0.4 is 10.1 Å². The number of aryl methyl sites for hydroxylation is 1. The van der Waals surface area contributed by atoms with Gasteiger partial charge in [0.15, 0.2) is 0 Å². The van der Waals surface area contributed by atoms with Crippen molar-refractivity contribution in [1.29, 1.82) is 0 Å². The molecule has 0 aromatic heterocycles. The molecule has 2 aromatic rings. The molecule has 0 radical (unpaired) electrons. The number of benzene rings is 2. The van der Waals surface area contributed by atoms with E-state index in [2.05, 4.69) is 12.2 Å². The molecule has 1 heterocycles. The van der Waals surface area contributed by atoms with E-state index in [4.69, 9.17) is 4.74 Å². The highest BCUT2D eigenvalue weighted by Crippen LogP contribution is 2.25. The molecule has 3 rings (SSSR count). The molecule has 1 amide bonds. The Labute approximate surface area is 135 Å². The summed E-state index contributed by atoms with van der Waals surface area (Å²) in [5, 5.41) is 2.80. The number of hydrogen-bond donors (Lipinski definition) is 1. The molecule has 1 N–H and O–H groups in total. The standard InChI is InChI=1S/C19H19NO3/c1-2-5-14-6-3-4-7-17(14)23-19(22)11-13-8-9-15-12-18(21)20-16(15)10-13/h3-4,6-10H,2,5,11-12H2,1H3,(H,20,21). The van der Waals surface area contributed by atoms with Gasteiger partial charge >= 0.3 is 5.97 Å². The van der Waals surface area contributed by atoms with E-state index in [1.54, 1.807) is 0 Å². The Morgan fingerprint density at radius 1 is 1.22 bits per heavy atom. The fraction of sp³-hybridized carbons (Fsp3) is 0.263. The van der Waals surface area contributed by atoms with Crippen molar-refractivity contribution in [2.75, 3.05) is 5.32 Å². The van der Waals surface area contributed by atoms with Gasteiger partial charge in [-0.15, -0.1) is 0 Å². The van der Waals surface area contributed by atoms with Gasteiger partial charge in [0.2, 0.25) is 5.91 Å². The summed E-state index contributed by atoms with van der Waals surface area (Å²) in [5.41, 5.74) is 3.65. The van der Waals surface area contributed by atoms with E-state index in [9.17, 15) is 9.59 Å². The maximum absolute atomic E-state index is 12.2. The molecule has 0 unspecified atom stereocenters. The highest BCUT2D eigenvalue weighted by Gasteiger charge is 2.18. The number of esters is 1. The minimum atomic E-state index is -0.294. The third kappa shape index (κ3) is 3.59. The Balaban J connectivity index is 1.69. The number of ether oxygens (including phenoxy) is 1. The first-order valence-corrected chi connectivity index (χ1v) is 7.86. The Morgan fingerprint density at radius 2 is 2.04 bits per heavy atom. The summed E-state index contributed by atoms with van der Waals surface area (Å²) >= 11 is 0. The normalized spacial score (nSPS) is 12.7. The Bertz CT molecular complexity index is 752. The molecule has 118 valence electrons. The van der Waals surface area contributed by atoms with Gasteiger partial charge in [-0.2, -0.15) is 0 Å². The first kappa shape index (κ1) is 15.3. The zero-order valence-corrected chi connectivity index (χ0v) is 13.1. The molecular formula is C19H19NO3. The van der Waals surface area contributed by atoms with Crippen molar-refractivity contribution in [2.24, 2.45) is 0 Å². The second-order valence-corrected chi connectivity index (χ2v) is 5.73. The van der Waals surface area contributed by atoms with Crippen molar-refractivity contribution in [1.82, 2.24) is 0 Å². The fourth-order valence-corrected chi connectivity index (χ4v) is 2.78. The first-order valence-electron chi connectivity index (χ1n) is 7.86. The van der Waals surface area contributed by atoms with Crippen LogP contribution in [0.3, 0.4) is 0 Å². The van der Waals surface area contributed by atoms with Crippen molar-refractivity contribution >= 4 is 17.6 Å². The first-order chi connectivity index (χ1) is 11.2. The Morgan fingerprint density at radius 3 is 2.87 bits per heavy atom. The third-order valence-corrected chi connectivity index (χ3v) is 3.86. The molecule has 1 aliphatic heterocycles. The SMILES string of the molecule is CCCc1ccccc1OC(=O)Cc1ccc2c(c1)NC(=O)C2. The Kier molecular flexibility index (Phi) is 4.42. The van der Waals surface area contributed by atoms with E-state index < -0.39 is 0 Å². The number of anilines is 1. The average Bonchev–Trinajstić information content (AvgIpc) is 2.89. The lowest BCUT2D eigenvalue weighted by molar-refractivity contribution is -0.133. The summed E-state index contributed by atoms with van der Waals surface area (Å²) < 4.78 is 5.52. The van der Waals surface area contributed by atoms with Crippen LogP contribution >= 0.6 is 0 Å². The average molecular weight is 309 g/mol. The highest BCUT2D eigenvalue weighted by molar-refractivity contribution is 5.99. The van der Waals surface area contributed by atoms with Crippen LogP contribution in [0.5, 0.6) is 5.75 Å². The molecule has 0 atom stereocenters. The molecule has 23 heavy (non-hydrogen) atoms. The van der Waals surface area contributed by atoms with Gasteiger partial charge in [0.05, 0.1) is 12.8 Å². The number of rotatable bonds is 5. The van der Waals surface area contributed by atoms with Crippen molar-refractivity contribution in [3.8, 4) is 5.75 Å². The zero-order chi connectivity index (χ0) is 16.2. The predicted octanol–water partition coefficient (Wildman–Crippen LogP) is 3.28. The topological polar surface area (TPSA) is 55.4 Å². The molecule has 4 heteroatoms. The smallest absolute Gasteiger partial charge is 0.315 e. The minimum Gasteiger partial charge on any atom is -0.426 e. The Hall–Kier alpha value is -2.62. The fourth-order valence-electron chi connectivity index (χ4n) is 2.78. The second kappa shape index (κ2) is 6.65. The van der Waals surface area contributed by atoms with E-state index >= 15 is 0 Å². The van der Waals surface area contributed by atoms with Crippen molar-refractivity contribution in [2.45, 2.75) is 32.6 Å². The van der Waals surface area contributed by atoms with Crippen LogP contribution in [0, 0.1) is 0 Å². The summed E-state index contributed by atoms with van der Waals surface area (Å²) in [6, 6.07) is 13.2. The van der Waals surface area contributed by atoms with Crippen LogP contribution in [0.1, 0.15) is 30.0 Å². The van der Waals surface area contributed by atoms with E-state index in [1.807, 2.05) is 42.5 Å². The summed E-state index contributed by atoms with van der Waals surface area (Å²) in [6.07, 6.45) is 2.47. The summed E-state index contributed by atoms with van der Waals surface area (Å²) in [7, 11) is 0. The van der Waals surface area contributed by atoms with Crippen LogP contribution in [0.25, 0.3) is 0 Å². The zero-order valence-electron chi connectivity index (χ0n) is 13.1. The number of amides is 1. The predicted molar refractivity (Wildman–Crippen MR) is 88.6 cm³/mol. The minimum absolute atomic E-state index is 0.00628. The second-order valence-electron chi connectivity index (χ2n) is 5.73. The monoisotopic (exact) mass is 309 g/mol. The van der Waals surface area contributed by atoms with Gasteiger partial charge in [-0.25, -0.2) is 0 Å². The van der Waals surface area contributed by atoms with Crippen LogP contribution in [0.2, 0.25) is 0 Å². The van der Waals surface area contributed by atoms with E-state index in [0.29, 0.717) is 12.2 Å². The number of fused-ring (bicyclic) bond motifs is 1. The maximum Gasteiger partial charge on any atom is 0.315 e. The number of para-hydroxylation sites is 1. The van der Waals surface area contributed by atoms with Crippen LogP contribution in [0.4, 0.5) is 5.69 Å². The number of carbonyl (C=O) groups excluding carboxylic acids is 2. The lowest BCUT2D eigenvalue weighted by Crippen LogP contribution is -2.12. The molecule has 2 aromatic carbocycles. The van der Waals surface area contributed by atoms with Crippen LogP contribution in [0.15, 0.2) is 42.5 Å². The van der Waals surface area contributed by atoms with E-state index in [1.165, 1.54) is 0 Å². The summed E-state index contributed by atoms with van der Waals surface area (Å²) in [6.45, 7) is 2.09. The molecule has 0 fully saturated rings. The number of carbonyl (C=O) groups is 2. The van der Waals surface area contributed by atoms with Gasteiger partial charge in [0, 0.05) is 5.69 Å². The van der Waals surface area contributed by atoms with E-state index in [-0.39, 0.29) is 18.3 Å². The summed E-state index contributed by atoms with van der Waals surface area (Å²) in [4.78, 5) is 23.6. The lowest BCUT2D eigenvalue weighted by atomic mass is 10.1. The molecule has 4 nitrogen and oxygen atoms in total. The molecule has 0 spiro atoms. The molecule has 1 aliphatic rings. The summed E-state index contributed by atoms with van der Waals surface area (Å²) in [5.74, 6) is 0.333. The van der Waals surface area contributed by atoms with Gasteiger partial charge in [-0.05, 0) is 35.2 Å². The number of nitrogens with one attached hydrogen (secondary N) is 1. The number of hydrogen-bond acceptors (Lipinski definition) is 3. The molecule has 0 saturated carbocycles. The van der Waals surface area contributed by atoms with Crippen LogP contribution in [-0.2, 0) is 28.9 Å². The van der Waals surface area contributed by atoms with Crippen molar-refractivity contribution in [3.63, 3.8) is 0 Å². The molecule has 0 bridgehead atoms. The van der Waals surface area contributed by atoms with Gasteiger partial charge in [-0.1, -0.05) is 43.7 Å². The van der Waals surface area contributed by atoms with Crippen molar-refractivity contribution in [3.05, 3.63) is 59.2 Å². The lowest BCUT2D eigenvalue weighted by Gasteiger charge is -2.10. The van der Waals surface area contributed by atoms with Gasteiger partial charge < -0.3 is 10.1 Å². The molecular weight excluding hydrogens is 290 g/mol. The van der Waals surface area contributed by atoms with Crippen LogP contribution in [-0.4, -0.2) is 11.9 Å². The largest absolute Gasteiger partial charge is 0.426 e. The van der Waals surface area contributed by atoms with Gasteiger partial charge in [0.1, 0.15) is 5.75 Å². The maximum atomic E-state index is 12.2. The molecule has 0 aliphatic carbocycles. The van der Waals surface area contributed by atoms with E-state index in [0.717, 1.165) is 35.2 Å². The van der Waals surface area contributed by atoms with Crippen molar-refractivity contribution < 1.29 is 14.3 Å². The van der Waals surface area contributed by atoms with Gasteiger partial charge in [0.25, 0.3) is 0 Å².